The predicted molar refractivity (Wildman–Crippen MR) is 137 cm³/mol. The molecule has 0 amide bonds. The molecule has 1 fully saturated rings. The zero-order valence-corrected chi connectivity index (χ0v) is 21.7. The molecule has 3 rings (SSSR count). The van der Waals surface area contributed by atoms with Crippen molar-refractivity contribution < 1.29 is 0 Å². The molecule has 0 aliphatic heterocycles. The monoisotopic (exact) mass is 542 g/mol. The fourth-order valence-corrected chi connectivity index (χ4v) is 4.16. The molecule has 1 heterocycles. The third-order valence-corrected chi connectivity index (χ3v) is 6.12. The highest BCUT2D eigenvalue weighted by molar-refractivity contribution is 14.0. The number of guanidine groups is 1. The van der Waals surface area contributed by atoms with E-state index in [1.54, 1.807) is 11.8 Å². The number of aryl methyl sites for hydroxylation is 1. The normalized spacial score (nSPS) is 15.0. The van der Waals surface area contributed by atoms with Gasteiger partial charge < -0.3 is 15.2 Å². The van der Waals surface area contributed by atoms with Gasteiger partial charge in [0.25, 0.3) is 0 Å². The van der Waals surface area contributed by atoms with Crippen molar-refractivity contribution in [3.05, 3.63) is 41.7 Å². The Kier molecular flexibility index (Phi) is 9.93. The van der Waals surface area contributed by atoms with Gasteiger partial charge in [0.15, 0.2) is 11.1 Å². The summed E-state index contributed by atoms with van der Waals surface area (Å²) in [5.41, 5.74) is 1.71. The van der Waals surface area contributed by atoms with Gasteiger partial charge in [-0.1, -0.05) is 55.9 Å². The van der Waals surface area contributed by atoms with Gasteiger partial charge in [-0.05, 0) is 37.0 Å². The van der Waals surface area contributed by atoms with E-state index in [0.29, 0.717) is 5.92 Å². The maximum atomic E-state index is 4.41. The molecular formula is C22H35IN6S. The molecule has 166 valence electrons. The number of rotatable bonds is 10. The molecule has 1 aromatic carbocycles. The smallest absolute Gasteiger partial charge is 0.191 e. The van der Waals surface area contributed by atoms with Crippen LogP contribution in [0, 0.1) is 5.92 Å². The SMILES string of the molecule is CN=C(NCCCc1nnc(SC)n1CC(C)C)NCC1(c2ccccc2)CC1.I. The molecule has 1 aliphatic rings. The number of benzene rings is 1. The Morgan fingerprint density at radius 1 is 1.20 bits per heavy atom. The zero-order valence-electron chi connectivity index (χ0n) is 18.5. The predicted octanol–water partition coefficient (Wildman–Crippen LogP) is 4.10. The second-order valence-corrected chi connectivity index (χ2v) is 8.98. The summed E-state index contributed by atoms with van der Waals surface area (Å²) in [4.78, 5) is 4.39. The number of aromatic nitrogens is 3. The van der Waals surface area contributed by atoms with Crippen molar-refractivity contribution in [3.8, 4) is 0 Å². The summed E-state index contributed by atoms with van der Waals surface area (Å²) < 4.78 is 2.26. The largest absolute Gasteiger partial charge is 0.356 e. The Morgan fingerprint density at radius 2 is 1.93 bits per heavy atom. The fraction of sp³-hybridized carbons (Fsp3) is 0.591. The Bertz CT molecular complexity index is 801. The fourth-order valence-electron chi connectivity index (χ4n) is 3.64. The second kappa shape index (κ2) is 11.9. The number of nitrogens with zero attached hydrogens (tertiary/aromatic N) is 4. The van der Waals surface area contributed by atoms with Crippen molar-refractivity contribution >= 4 is 41.7 Å². The Labute approximate surface area is 202 Å². The van der Waals surface area contributed by atoms with Gasteiger partial charge in [-0.25, -0.2) is 0 Å². The lowest BCUT2D eigenvalue weighted by Gasteiger charge is -2.19. The van der Waals surface area contributed by atoms with Crippen molar-refractivity contribution in [2.45, 2.75) is 56.6 Å². The third-order valence-electron chi connectivity index (χ3n) is 5.45. The minimum Gasteiger partial charge on any atom is -0.356 e. The molecule has 1 saturated carbocycles. The van der Waals surface area contributed by atoms with Gasteiger partial charge >= 0.3 is 0 Å². The first-order valence-corrected chi connectivity index (χ1v) is 11.8. The van der Waals surface area contributed by atoms with Crippen molar-refractivity contribution in [2.24, 2.45) is 10.9 Å². The minimum absolute atomic E-state index is 0. The van der Waals surface area contributed by atoms with Crippen LogP contribution in [0.5, 0.6) is 0 Å². The van der Waals surface area contributed by atoms with Crippen molar-refractivity contribution in [2.75, 3.05) is 26.4 Å². The van der Waals surface area contributed by atoms with Crippen LogP contribution in [0.2, 0.25) is 0 Å². The van der Waals surface area contributed by atoms with Crippen LogP contribution >= 0.6 is 35.7 Å². The number of hydrogen-bond acceptors (Lipinski definition) is 4. The zero-order chi connectivity index (χ0) is 20.7. The lowest BCUT2D eigenvalue weighted by molar-refractivity contribution is 0.477. The van der Waals surface area contributed by atoms with E-state index in [0.717, 1.165) is 49.4 Å². The van der Waals surface area contributed by atoms with Crippen LogP contribution in [-0.4, -0.2) is 47.1 Å². The number of nitrogens with one attached hydrogen (secondary N) is 2. The van der Waals surface area contributed by atoms with Gasteiger partial charge in [-0.15, -0.1) is 34.2 Å². The van der Waals surface area contributed by atoms with Crippen LogP contribution in [0.15, 0.2) is 40.5 Å². The van der Waals surface area contributed by atoms with Crippen LogP contribution in [0.4, 0.5) is 0 Å². The first-order valence-electron chi connectivity index (χ1n) is 10.5. The number of aliphatic imine (C=N–C) groups is 1. The molecule has 6 nitrogen and oxygen atoms in total. The minimum atomic E-state index is 0. The molecule has 2 aromatic rings. The molecule has 2 N–H and O–H groups in total. The average Bonchev–Trinajstić information content (AvgIpc) is 3.44. The van der Waals surface area contributed by atoms with Crippen molar-refractivity contribution in [3.63, 3.8) is 0 Å². The van der Waals surface area contributed by atoms with Crippen molar-refractivity contribution in [1.29, 1.82) is 0 Å². The summed E-state index contributed by atoms with van der Waals surface area (Å²) in [7, 11) is 1.83. The summed E-state index contributed by atoms with van der Waals surface area (Å²) in [6.45, 7) is 7.22. The molecule has 1 aromatic heterocycles. The maximum Gasteiger partial charge on any atom is 0.191 e. The molecule has 0 spiro atoms. The van der Waals surface area contributed by atoms with Gasteiger partial charge in [0.2, 0.25) is 0 Å². The van der Waals surface area contributed by atoms with Gasteiger partial charge in [0.05, 0.1) is 0 Å². The molecule has 0 atom stereocenters. The van der Waals surface area contributed by atoms with Gasteiger partial charge in [-0.3, -0.25) is 4.99 Å². The standard InChI is InChI=1S/C22H34N6S.HI/c1-17(2)15-28-19(26-27-21(28)29-4)11-8-14-24-20(23-3)25-16-22(12-13-22)18-9-6-5-7-10-18;/h5-7,9-10,17H,8,11-16H2,1-4H3,(H2,23,24,25);1H. The highest BCUT2D eigenvalue weighted by atomic mass is 127. The van der Waals surface area contributed by atoms with Crippen LogP contribution in [0.1, 0.15) is 44.5 Å². The highest BCUT2D eigenvalue weighted by Gasteiger charge is 2.43. The molecular weight excluding hydrogens is 507 g/mol. The summed E-state index contributed by atoms with van der Waals surface area (Å²) >= 11 is 1.66. The summed E-state index contributed by atoms with van der Waals surface area (Å²) in [5.74, 6) is 2.53. The topological polar surface area (TPSA) is 67.1 Å². The summed E-state index contributed by atoms with van der Waals surface area (Å²) in [5, 5.41) is 16.7. The molecule has 0 bridgehead atoms. The maximum absolute atomic E-state index is 4.41. The van der Waals surface area contributed by atoms with Crippen LogP contribution in [0.25, 0.3) is 0 Å². The first-order chi connectivity index (χ1) is 14.1. The molecule has 30 heavy (non-hydrogen) atoms. The van der Waals surface area contributed by atoms with E-state index >= 15 is 0 Å². The van der Waals surface area contributed by atoms with Gasteiger partial charge in [-0.2, -0.15) is 0 Å². The molecule has 0 radical (unpaired) electrons. The molecule has 0 unspecified atom stereocenters. The van der Waals surface area contributed by atoms with E-state index in [1.807, 2.05) is 7.05 Å². The Morgan fingerprint density at radius 3 is 2.53 bits per heavy atom. The lowest BCUT2D eigenvalue weighted by Crippen LogP contribution is -2.41. The third kappa shape index (κ3) is 6.60. The Hall–Kier alpha value is -1.29. The summed E-state index contributed by atoms with van der Waals surface area (Å²) in [6, 6.07) is 10.8. The second-order valence-electron chi connectivity index (χ2n) is 8.21. The van der Waals surface area contributed by atoms with E-state index in [-0.39, 0.29) is 29.4 Å². The summed E-state index contributed by atoms with van der Waals surface area (Å²) in [6.07, 6.45) is 6.45. The average molecular weight is 543 g/mol. The highest BCUT2D eigenvalue weighted by Crippen LogP contribution is 2.47. The molecule has 8 heteroatoms. The number of halogens is 1. The van der Waals surface area contributed by atoms with E-state index in [4.69, 9.17) is 0 Å². The molecule has 0 saturated heterocycles. The van der Waals surface area contributed by atoms with E-state index in [9.17, 15) is 0 Å². The van der Waals surface area contributed by atoms with Crippen LogP contribution < -0.4 is 10.6 Å². The quantitative estimate of drug-likeness (QED) is 0.156. The first kappa shape index (κ1) is 25.0. The van der Waals surface area contributed by atoms with Crippen molar-refractivity contribution in [1.82, 2.24) is 25.4 Å². The van der Waals surface area contributed by atoms with E-state index in [1.165, 1.54) is 18.4 Å². The number of thioether (sulfide) groups is 1. The van der Waals surface area contributed by atoms with Crippen LogP contribution in [0.3, 0.4) is 0 Å². The number of hydrogen-bond donors (Lipinski definition) is 2. The lowest BCUT2D eigenvalue weighted by atomic mass is 9.96. The van der Waals surface area contributed by atoms with Crippen LogP contribution in [-0.2, 0) is 18.4 Å². The van der Waals surface area contributed by atoms with E-state index < -0.39 is 0 Å². The van der Waals surface area contributed by atoms with Gasteiger partial charge in [0, 0.05) is 38.5 Å². The Balaban J connectivity index is 0.00000320. The molecule has 1 aliphatic carbocycles. The van der Waals surface area contributed by atoms with Gasteiger partial charge in [0.1, 0.15) is 5.82 Å². The van der Waals surface area contributed by atoms with E-state index in [2.05, 4.69) is 80.8 Å².